The maximum Gasteiger partial charge on any atom is 0.0873 e. The first-order valence-corrected chi connectivity index (χ1v) is 13.0. The molecule has 1 aromatic rings. The van der Waals surface area contributed by atoms with Gasteiger partial charge < -0.3 is 0 Å². The molecule has 0 bridgehead atoms. The van der Waals surface area contributed by atoms with Crippen LogP contribution in [-0.4, -0.2) is 8.07 Å². The lowest BCUT2D eigenvalue weighted by molar-refractivity contribution is 0.418. The highest BCUT2D eigenvalue weighted by Crippen LogP contribution is 2.32. The van der Waals surface area contributed by atoms with Crippen molar-refractivity contribution in [1.82, 2.24) is 0 Å². The number of hydrogen-bond acceptors (Lipinski definition) is 0. The Morgan fingerprint density at radius 3 is 2.39 bits per heavy atom. The van der Waals surface area contributed by atoms with Crippen molar-refractivity contribution in [1.29, 1.82) is 0 Å². The van der Waals surface area contributed by atoms with Gasteiger partial charge in [-0.25, -0.2) is 0 Å². The van der Waals surface area contributed by atoms with Crippen molar-refractivity contribution in [2.75, 3.05) is 0 Å². The molecule has 1 atom stereocenters. The average molecular weight is 329 g/mol. The summed E-state index contributed by atoms with van der Waals surface area (Å²) in [4.78, 5) is 0. The lowest BCUT2D eigenvalue weighted by atomic mass is 9.89. The first kappa shape index (κ1) is 18.5. The average Bonchev–Trinajstić information content (AvgIpc) is 2.59. The number of unbranched alkanes of at least 4 members (excludes halogenated alkanes) is 2. The predicted molar refractivity (Wildman–Crippen MR) is 107 cm³/mol. The molecule has 1 fully saturated rings. The first-order valence-electron chi connectivity index (χ1n) is 9.88. The highest BCUT2D eigenvalue weighted by atomic mass is 28.3. The molecule has 2 rings (SSSR count). The summed E-state index contributed by atoms with van der Waals surface area (Å²) in [5.74, 6) is 0.859. The molecule has 1 aromatic carbocycles. The van der Waals surface area contributed by atoms with Gasteiger partial charge in [0.2, 0.25) is 0 Å². The zero-order valence-electron chi connectivity index (χ0n) is 15.6. The fraction of sp³-hybridized carbons (Fsp3) is 0.636. The molecular formula is C22H36Si. The summed E-state index contributed by atoms with van der Waals surface area (Å²) < 4.78 is 0. The maximum absolute atomic E-state index is 2.64. The van der Waals surface area contributed by atoms with E-state index in [1.54, 1.807) is 5.19 Å². The molecule has 0 saturated heterocycles. The molecule has 1 saturated carbocycles. The van der Waals surface area contributed by atoms with Gasteiger partial charge in [-0.15, -0.1) is 0 Å². The lowest BCUT2D eigenvalue weighted by Gasteiger charge is -2.32. The number of rotatable bonds is 8. The smallest absolute Gasteiger partial charge is 0.0873 e. The van der Waals surface area contributed by atoms with Gasteiger partial charge in [-0.3, -0.25) is 0 Å². The SMILES string of the molecule is CCCCCC(/C=C/C1CCCCC1)[Si](C)(C)c1ccccc1. The third-order valence-electron chi connectivity index (χ3n) is 5.83. The van der Waals surface area contributed by atoms with Crippen LogP contribution in [0, 0.1) is 5.92 Å². The van der Waals surface area contributed by atoms with Crippen molar-refractivity contribution in [2.45, 2.75) is 83.3 Å². The highest BCUT2D eigenvalue weighted by Gasteiger charge is 2.31. The number of allylic oxidation sites excluding steroid dienone is 2. The molecule has 1 heteroatoms. The van der Waals surface area contributed by atoms with Gasteiger partial charge >= 0.3 is 0 Å². The van der Waals surface area contributed by atoms with Gasteiger partial charge in [0.15, 0.2) is 0 Å². The Hall–Kier alpha value is -0.823. The molecule has 1 aliphatic carbocycles. The normalized spacial score (nSPS) is 18.4. The Morgan fingerprint density at radius 2 is 1.74 bits per heavy atom. The minimum Gasteiger partial charge on any atom is -0.0875 e. The van der Waals surface area contributed by atoms with Crippen molar-refractivity contribution in [3.8, 4) is 0 Å². The molecule has 0 radical (unpaired) electrons. The molecule has 0 aliphatic heterocycles. The quantitative estimate of drug-likeness (QED) is 0.283. The summed E-state index contributed by atoms with van der Waals surface area (Å²) in [5, 5.41) is 1.62. The van der Waals surface area contributed by atoms with E-state index in [4.69, 9.17) is 0 Å². The zero-order valence-corrected chi connectivity index (χ0v) is 16.6. The molecule has 1 unspecified atom stereocenters. The van der Waals surface area contributed by atoms with Crippen LogP contribution in [0.25, 0.3) is 0 Å². The van der Waals surface area contributed by atoms with E-state index in [1.807, 2.05) is 0 Å². The van der Waals surface area contributed by atoms with Crippen LogP contribution in [0.15, 0.2) is 42.5 Å². The molecule has 1 aliphatic rings. The molecule has 0 N–H and O–H groups in total. The summed E-state index contributed by atoms with van der Waals surface area (Å²) >= 11 is 0. The summed E-state index contributed by atoms with van der Waals surface area (Å²) in [6.07, 6.45) is 17.9. The summed E-state index contributed by atoms with van der Waals surface area (Å²) in [6, 6.07) is 11.3. The molecule has 128 valence electrons. The second-order valence-corrected chi connectivity index (χ2v) is 12.7. The van der Waals surface area contributed by atoms with Crippen LogP contribution in [0.2, 0.25) is 18.6 Å². The standard InChI is InChI=1S/C22H36Si/c1-4-5-8-15-22(19-18-20-13-9-6-10-14-20)23(2,3)21-16-11-7-12-17-21/h7,11-12,16-20,22H,4-6,8-10,13-15H2,1-3H3/b19-18+. The molecule has 0 nitrogen and oxygen atoms in total. The van der Waals surface area contributed by atoms with Crippen molar-refractivity contribution in [3.05, 3.63) is 42.5 Å². The Kier molecular flexibility index (Phi) is 7.62. The Morgan fingerprint density at radius 1 is 1.04 bits per heavy atom. The van der Waals surface area contributed by atoms with E-state index < -0.39 is 8.07 Å². The summed E-state index contributed by atoms with van der Waals surface area (Å²) in [7, 11) is -1.43. The van der Waals surface area contributed by atoms with Crippen LogP contribution in [0.1, 0.15) is 64.7 Å². The highest BCUT2D eigenvalue weighted by molar-refractivity contribution is 6.91. The minimum atomic E-state index is -1.43. The van der Waals surface area contributed by atoms with Crippen LogP contribution >= 0.6 is 0 Å². The molecule has 0 amide bonds. The largest absolute Gasteiger partial charge is 0.0875 e. The fourth-order valence-electron chi connectivity index (χ4n) is 4.01. The molecule has 0 spiro atoms. The van der Waals surface area contributed by atoms with Crippen molar-refractivity contribution in [2.24, 2.45) is 5.92 Å². The number of benzene rings is 1. The second-order valence-electron chi connectivity index (χ2n) is 7.97. The minimum absolute atomic E-state index is 0.790. The van der Waals surface area contributed by atoms with Crippen LogP contribution in [0.5, 0.6) is 0 Å². The lowest BCUT2D eigenvalue weighted by Crippen LogP contribution is -2.45. The number of hydrogen-bond donors (Lipinski definition) is 0. The molecular weight excluding hydrogens is 292 g/mol. The molecule has 23 heavy (non-hydrogen) atoms. The van der Waals surface area contributed by atoms with Crippen LogP contribution in [0.4, 0.5) is 0 Å². The van der Waals surface area contributed by atoms with Gasteiger partial charge in [0.05, 0.1) is 8.07 Å². The topological polar surface area (TPSA) is 0 Å². The van der Waals surface area contributed by atoms with Gasteiger partial charge in [0.1, 0.15) is 0 Å². The second kappa shape index (κ2) is 9.47. The Bertz CT molecular complexity index is 454. The summed E-state index contributed by atoms with van der Waals surface area (Å²) in [6.45, 7) is 7.46. The van der Waals surface area contributed by atoms with Gasteiger partial charge in [-0.2, -0.15) is 0 Å². The van der Waals surface area contributed by atoms with E-state index in [1.165, 1.54) is 57.8 Å². The van der Waals surface area contributed by atoms with Gasteiger partial charge in [0.25, 0.3) is 0 Å². The third-order valence-corrected chi connectivity index (χ3v) is 9.99. The van der Waals surface area contributed by atoms with Gasteiger partial charge in [0, 0.05) is 0 Å². The fourth-order valence-corrected chi connectivity index (χ4v) is 7.01. The van der Waals surface area contributed by atoms with E-state index in [2.05, 4.69) is 62.5 Å². The monoisotopic (exact) mass is 328 g/mol. The third kappa shape index (κ3) is 5.63. The van der Waals surface area contributed by atoms with Crippen molar-refractivity contribution in [3.63, 3.8) is 0 Å². The Balaban J connectivity index is 2.10. The molecule has 0 aromatic heterocycles. The van der Waals surface area contributed by atoms with Gasteiger partial charge in [-0.1, -0.05) is 106 Å². The van der Waals surface area contributed by atoms with Gasteiger partial charge in [-0.05, 0) is 30.7 Å². The van der Waals surface area contributed by atoms with Crippen molar-refractivity contribution < 1.29 is 0 Å². The van der Waals surface area contributed by atoms with E-state index in [0.717, 1.165) is 11.5 Å². The van der Waals surface area contributed by atoms with E-state index in [0.29, 0.717) is 0 Å². The first-order chi connectivity index (χ1) is 11.1. The van der Waals surface area contributed by atoms with E-state index >= 15 is 0 Å². The maximum atomic E-state index is 2.64. The predicted octanol–water partition coefficient (Wildman–Crippen LogP) is 6.69. The van der Waals surface area contributed by atoms with Crippen LogP contribution < -0.4 is 5.19 Å². The van der Waals surface area contributed by atoms with Crippen LogP contribution in [-0.2, 0) is 0 Å². The van der Waals surface area contributed by atoms with Crippen molar-refractivity contribution >= 4 is 13.3 Å². The van der Waals surface area contributed by atoms with E-state index in [9.17, 15) is 0 Å². The van der Waals surface area contributed by atoms with E-state index in [-0.39, 0.29) is 0 Å². The zero-order chi connectivity index (χ0) is 16.5. The molecule has 0 heterocycles. The Labute approximate surface area is 145 Å². The van der Waals surface area contributed by atoms with Crippen LogP contribution in [0.3, 0.4) is 0 Å². The summed E-state index contributed by atoms with van der Waals surface area (Å²) in [5.41, 5.74) is 0.790.